The lowest BCUT2D eigenvalue weighted by Gasteiger charge is -2.02. The minimum Gasteiger partial charge on any atom is -0.411 e. The van der Waals surface area contributed by atoms with Crippen molar-refractivity contribution >= 4 is 15.5 Å². The molecule has 0 saturated heterocycles. The smallest absolute Gasteiger partial charge is 0.153 e. The highest BCUT2D eigenvalue weighted by Crippen LogP contribution is 2.06. The summed E-state index contributed by atoms with van der Waals surface area (Å²) in [6, 6.07) is 5.05. The molecule has 0 radical (unpaired) electrons. The van der Waals surface area contributed by atoms with Crippen molar-refractivity contribution < 1.29 is 18.0 Å². The monoisotopic (exact) mass is 231 g/mol. The number of hydrogen-bond donors (Lipinski definition) is 1. The van der Waals surface area contributed by atoms with Crippen molar-refractivity contribution in [1.82, 2.24) is 0 Å². The van der Waals surface area contributed by atoms with Crippen molar-refractivity contribution in [2.75, 3.05) is 12.0 Å². The van der Waals surface area contributed by atoms with E-state index in [1.54, 1.807) is 0 Å². The highest BCUT2D eigenvalue weighted by atomic mass is 32.2. The molecule has 82 valence electrons. The third-order valence-corrected chi connectivity index (χ3v) is 2.49. The predicted molar refractivity (Wildman–Crippen MR) is 54.4 cm³/mol. The lowest BCUT2D eigenvalue weighted by Crippen LogP contribution is -2.15. The van der Waals surface area contributed by atoms with Crippen LogP contribution < -0.4 is 0 Å². The van der Waals surface area contributed by atoms with Crippen LogP contribution in [0.15, 0.2) is 29.4 Å². The molecule has 0 saturated carbocycles. The van der Waals surface area contributed by atoms with Gasteiger partial charge in [-0.25, -0.2) is 12.8 Å². The van der Waals surface area contributed by atoms with Crippen molar-refractivity contribution in [3.8, 4) is 0 Å². The Kier molecular flexibility index (Phi) is 3.41. The van der Waals surface area contributed by atoms with Crippen LogP contribution in [0.4, 0.5) is 4.39 Å². The minimum absolute atomic E-state index is 0.00231. The van der Waals surface area contributed by atoms with Gasteiger partial charge in [0.05, 0.1) is 5.75 Å². The molecule has 0 bridgehead atoms. The largest absolute Gasteiger partial charge is 0.411 e. The molecule has 1 aromatic rings. The molecule has 0 aliphatic heterocycles. The zero-order valence-corrected chi connectivity index (χ0v) is 8.83. The Morgan fingerprint density at radius 2 is 1.93 bits per heavy atom. The van der Waals surface area contributed by atoms with Crippen LogP contribution in [0.25, 0.3) is 0 Å². The summed E-state index contributed by atoms with van der Waals surface area (Å²) in [6.45, 7) is 0. The van der Waals surface area contributed by atoms with Gasteiger partial charge in [0.1, 0.15) is 11.5 Å². The normalized spacial score (nSPS) is 12.8. The second-order valence-corrected chi connectivity index (χ2v) is 5.26. The molecule has 0 amide bonds. The van der Waals surface area contributed by atoms with Crippen molar-refractivity contribution in [1.29, 1.82) is 0 Å². The highest BCUT2D eigenvalue weighted by Gasteiger charge is 2.11. The van der Waals surface area contributed by atoms with Gasteiger partial charge in [0, 0.05) is 11.8 Å². The molecule has 15 heavy (non-hydrogen) atoms. The summed E-state index contributed by atoms with van der Waals surface area (Å²) >= 11 is 0. The number of halogens is 1. The first-order valence-corrected chi connectivity index (χ1v) is 6.13. The Hall–Kier alpha value is -1.43. The van der Waals surface area contributed by atoms with E-state index in [2.05, 4.69) is 5.16 Å². The summed E-state index contributed by atoms with van der Waals surface area (Å²) in [4.78, 5) is 0. The lowest BCUT2D eigenvalue weighted by molar-refractivity contribution is 0.319. The van der Waals surface area contributed by atoms with Crippen LogP contribution in [-0.4, -0.2) is 31.3 Å². The summed E-state index contributed by atoms with van der Waals surface area (Å²) in [6.07, 6.45) is 1.03. The summed E-state index contributed by atoms with van der Waals surface area (Å²) < 4.78 is 34.5. The number of rotatable bonds is 3. The second-order valence-electron chi connectivity index (χ2n) is 3.12. The van der Waals surface area contributed by atoms with Crippen molar-refractivity contribution in [2.24, 2.45) is 5.16 Å². The maximum Gasteiger partial charge on any atom is 0.153 e. The van der Waals surface area contributed by atoms with Gasteiger partial charge in [-0.1, -0.05) is 17.3 Å². The fraction of sp³-hybridized carbons (Fsp3) is 0.222. The third-order valence-electron chi connectivity index (χ3n) is 1.70. The van der Waals surface area contributed by atoms with E-state index in [1.807, 2.05) is 0 Å². The molecule has 1 rings (SSSR count). The Morgan fingerprint density at radius 1 is 1.40 bits per heavy atom. The van der Waals surface area contributed by atoms with Crippen molar-refractivity contribution in [2.45, 2.75) is 0 Å². The van der Waals surface area contributed by atoms with Crippen LogP contribution in [0.2, 0.25) is 0 Å². The van der Waals surface area contributed by atoms with E-state index in [9.17, 15) is 12.8 Å². The van der Waals surface area contributed by atoms with E-state index in [0.29, 0.717) is 5.56 Å². The topological polar surface area (TPSA) is 66.7 Å². The summed E-state index contributed by atoms with van der Waals surface area (Å²) in [7, 11) is -3.28. The first-order valence-electron chi connectivity index (χ1n) is 4.07. The number of nitrogens with zero attached hydrogens (tertiary/aromatic N) is 1. The fourth-order valence-corrected chi connectivity index (χ4v) is 1.78. The maximum absolute atomic E-state index is 12.6. The van der Waals surface area contributed by atoms with E-state index >= 15 is 0 Å². The molecule has 0 aliphatic carbocycles. The first kappa shape index (κ1) is 11.6. The van der Waals surface area contributed by atoms with Crippen LogP contribution >= 0.6 is 0 Å². The van der Waals surface area contributed by atoms with Gasteiger partial charge in [-0.05, 0) is 12.1 Å². The molecule has 4 nitrogen and oxygen atoms in total. The Morgan fingerprint density at radius 3 is 2.33 bits per heavy atom. The number of hydrogen-bond acceptors (Lipinski definition) is 4. The second kappa shape index (κ2) is 4.39. The van der Waals surface area contributed by atoms with E-state index < -0.39 is 15.7 Å². The standard InChI is InChI=1S/C9H10FNO3S/c1-15(13,14)6-9(11-12)7-2-4-8(10)5-3-7/h2-5,12H,6H2,1H3/b11-9-. The zero-order chi connectivity index (χ0) is 11.5. The number of sulfone groups is 1. The van der Waals surface area contributed by atoms with Gasteiger partial charge in [-0.3, -0.25) is 0 Å². The lowest BCUT2D eigenvalue weighted by atomic mass is 10.1. The van der Waals surface area contributed by atoms with Gasteiger partial charge in [0.25, 0.3) is 0 Å². The summed E-state index contributed by atoms with van der Waals surface area (Å²) in [5, 5.41) is 11.5. The van der Waals surface area contributed by atoms with E-state index in [0.717, 1.165) is 6.26 Å². The van der Waals surface area contributed by atoms with Gasteiger partial charge in [0.2, 0.25) is 0 Å². The van der Waals surface area contributed by atoms with Gasteiger partial charge in [-0.2, -0.15) is 0 Å². The number of oxime groups is 1. The molecule has 6 heteroatoms. The van der Waals surface area contributed by atoms with E-state index in [-0.39, 0.29) is 11.5 Å². The highest BCUT2D eigenvalue weighted by molar-refractivity contribution is 7.91. The Balaban J connectivity index is 3.00. The summed E-state index contributed by atoms with van der Waals surface area (Å²) in [5.74, 6) is -0.815. The van der Waals surface area contributed by atoms with Crippen molar-refractivity contribution in [3.05, 3.63) is 35.6 Å². The molecule has 0 unspecified atom stereocenters. The van der Waals surface area contributed by atoms with Crippen LogP contribution in [0, 0.1) is 5.82 Å². The molecule has 0 atom stereocenters. The van der Waals surface area contributed by atoms with Gasteiger partial charge < -0.3 is 5.21 Å². The molecule has 0 aliphatic rings. The van der Waals surface area contributed by atoms with E-state index in [1.165, 1.54) is 24.3 Å². The molecule has 1 aromatic carbocycles. The molecule has 0 spiro atoms. The molecule has 1 N–H and O–H groups in total. The molecular formula is C9H10FNO3S. The Bertz CT molecular complexity index is 465. The number of benzene rings is 1. The van der Waals surface area contributed by atoms with Gasteiger partial charge in [0.15, 0.2) is 9.84 Å². The molecule has 0 fully saturated rings. The van der Waals surface area contributed by atoms with Gasteiger partial charge >= 0.3 is 0 Å². The fourth-order valence-electron chi connectivity index (χ4n) is 1.06. The first-order chi connectivity index (χ1) is 6.92. The van der Waals surface area contributed by atoms with E-state index in [4.69, 9.17) is 5.21 Å². The van der Waals surface area contributed by atoms with Crippen LogP contribution in [0.1, 0.15) is 5.56 Å². The zero-order valence-electron chi connectivity index (χ0n) is 8.01. The molecular weight excluding hydrogens is 221 g/mol. The van der Waals surface area contributed by atoms with Crippen LogP contribution in [-0.2, 0) is 9.84 Å². The quantitative estimate of drug-likeness (QED) is 0.480. The SMILES string of the molecule is CS(=O)(=O)C/C(=N/O)c1ccc(F)cc1. The average molecular weight is 231 g/mol. The summed E-state index contributed by atoms with van der Waals surface area (Å²) in [5.41, 5.74) is 0.377. The van der Waals surface area contributed by atoms with Gasteiger partial charge in [-0.15, -0.1) is 0 Å². The van der Waals surface area contributed by atoms with Crippen LogP contribution in [0.3, 0.4) is 0 Å². The average Bonchev–Trinajstić information content (AvgIpc) is 2.14. The third kappa shape index (κ3) is 3.67. The van der Waals surface area contributed by atoms with Crippen LogP contribution in [0.5, 0.6) is 0 Å². The Labute approximate surface area is 87.0 Å². The minimum atomic E-state index is -3.28. The molecule has 0 heterocycles. The maximum atomic E-state index is 12.6. The predicted octanol–water partition coefficient (Wildman–Crippen LogP) is 1.05. The van der Waals surface area contributed by atoms with Crippen molar-refractivity contribution in [3.63, 3.8) is 0 Å². The molecule has 0 aromatic heterocycles.